The van der Waals surface area contributed by atoms with Gasteiger partial charge in [-0.15, -0.1) is 0 Å². The molecule has 0 N–H and O–H groups in total. The maximum absolute atomic E-state index is 14.1. The van der Waals surface area contributed by atoms with Crippen LogP contribution < -0.4 is 10.6 Å². The molecule has 0 unspecified atom stereocenters. The zero-order valence-corrected chi connectivity index (χ0v) is 26.1. The van der Waals surface area contributed by atoms with E-state index in [4.69, 9.17) is 21.3 Å². The summed E-state index contributed by atoms with van der Waals surface area (Å²) in [7, 11) is 1.69. The summed E-state index contributed by atoms with van der Waals surface area (Å²) in [6.45, 7) is 12.5. The monoisotopic (exact) mass is 599 g/mol. The second-order valence-electron chi connectivity index (χ2n) is 12.7. The molecule has 4 aromatic rings. The van der Waals surface area contributed by atoms with E-state index in [1.165, 1.54) is 4.90 Å². The molecule has 1 aromatic heterocycles. The Morgan fingerprint density at radius 1 is 0.977 bits per heavy atom. The summed E-state index contributed by atoms with van der Waals surface area (Å²) >= 11 is 6.53. The summed E-state index contributed by atoms with van der Waals surface area (Å²) in [6.07, 6.45) is -1.01. The van der Waals surface area contributed by atoms with Gasteiger partial charge in [0, 0.05) is 50.9 Å². The number of nitrogens with zero attached hydrogens (tertiary/aromatic N) is 5. The lowest BCUT2D eigenvalue weighted by Gasteiger charge is -2.40. The molecule has 2 aliphatic rings. The number of amides is 1. The first-order valence-electron chi connectivity index (χ1n) is 14.8. The standard InChI is InChI=1S/C34H38ClN5O3/c1-22(37(5)33(42)43-30-25-13-8-6-11-23(25)24-12-7-9-14-26(24)30)31-36-28-16-10-15-27(35)29(28)32(41)40(31)39-19-17-38(18-20-39)21-34(2,3)4/h6-16,22,30H,17-21H2,1-5H3/t22-/m0/s1. The molecule has 1 saturated heterocycles. The van der Waals surface area contributed by atoms with Crippen molar-refractivity contribution in [1.29, 1.82) is 0 Å². The van der Waals surface area contributed by atoms with Crippen LogP contribution in [-0.4, -0.2) is 65.3 Å². The van der Waals surface area contributed by atoms with Crippen molar-refractivity contribution < 1.29 is 9.53 Å². The lowest BCUT2D eigenvalue weighted by Crippen LogP contribution is -2.56. The van der Waals surface area contributed by atoms with Crippen LogP contribution >= 0.6 is 11.6 Å². The van der Waals surface area contributed by atoms with Gasteiger partial charge in [0.25, 0.3) is 5.56 Å². The molecule has 9 heteroatoms. The SMILES string of the molecule is C[C@@H](c1nc2cccc(Cl)c2c(=O)n1N1CCN(CC(C)(C)C)CC1)N(C)C(=O)OC1c2ccccc2-c2ccccc21. The van der Waals surface area contributed by atoms with Crippen molar-refractivity contribution in [2.75, 3.05) is 44.8 Å². The van der Waals surface area contributed by atoms with Crippen LogP contribution in [0.1, 0.15) is 56.8 Å². The summed E-state index contributed by atoms with van der Waals surface area (Å²) in [4.78, 5) is 36.7. The van der Waals surface area contributed by atoms with E-state index in [-0.39, 0.29) is 11.0 Å². The number of hydrogen-bond donors (Lipinski definition) is 0. The van der Waals surface area contributed by atoms with Crippen LogP contribution in [0, 0.1) is 5.41 Å². The third-order valence-electron chi connectivity index (χ3n) is 8.42. The molecule has 43 heavy (non-hydrogen) atoms. The third-order valence-corrected chi connectivity index (χ3v) is 8.73. The Labute approximate surface area is 257 Å². The Kier molecular flexibility index (Phi) is 7.69. The first kappa shape index (κ1) is 29.2. The predicted molar refractivity (Wildman–Crippen MR) is 171 cm³/mol. The fourth-order valence-corrected chi connectivity index (χ4v) is 6.51. The van der Waals surface area contributed by atoms with Crippen LogP contribution in [0.3, 0.4) is 0 Å². The Morgan fingerprint density at radius 3 is 2.19 bits per heavy atom. The van der Waals surface area contributed by atoms with Gasteiger partial charge in [0.2, 0.25) is 0 Å². The molecule has 1 aliphatic carbocycles. The Bertz CT molecular complexity index is 1690. The minimum absolute atomic E-state index is 0.181. The van der Waals surface area contributed by atoms with Crippen LogP contribution in [0.25, 0.3) is 22.0 Å². The zero-order chi connectivity index (χ0) is 30.5. The molecule has 224 valence electrons. The highest BCUT2D eigenvalue weighted by Crippen LogP contribution is 2.45. The summed E-state index contributed by atoms with van der Waals surface area (Å²) in [6, 6.07) is 20.7. The average Bonchev–Trinajstić information content (AvgIpc) is 3.29. The number of halogens is 1. The number of ether oxygens (including phenoxy) is 1. The van der Waals surface area contributed by atoms with Gasteiger partial charge >= 0.3 is 6.09 Å². The Morgan fingerprint density at radius 2 is 1.58 bits per heavy atom. The lowest BCUT2D eigenvalue weighted by atomic mass is 9.96. The predicted octanol–water partition coefficient (Wildman–Crippen LogP) is 6.25. The fraction of sp³-hybridized carbons (Fsp3) is 0.382. The number of aromatic nitrogens is 2. The number of piperazine rings is 1. The number of rotatable bonds is 5. The van der Waals surface area contributed by atoms with Gasteiger partial charge in [-0.3, -0.25) is 9.69 Å². The van der Waals surface area contributed by atoms with Gasteiger partial charge in [-0.2, -0.15) is 0 Å². The topological polar surface area (TPSA) is 70.9 Å². The molecular weight excluding hydrogens is 562 g/mol. The first-order valence-corrected chi connectivity index (χ1v) is 15.2. The maximum atomic E-state index is 14.1. The molecule has 0 spiro atoms. The summed E-state index contributed by atoms with van der Waals surface area (Å²) < 4.78 is 7.82. The van der Waals surface area contributed by atoms with E-state index in [0.717, 1.165) is 41.9 Å². The van der Waals surface area contributed by atoms with E-state index in [2.05, 4.69) is 37.8 Å². The number of fused-ring (bicyclic) bond motifs is 4. The third kappa shape index (κ3) is 5.50. The van der Waals surface area contributed by atoms with E-state index < -0.39 is 18.2 Å². The molecule has 0 saturated carbocycles. The minimum Gasteiger partial charge on any atom is -0.436 e. The van der Waals surface area contributed by atoms with E-state index in [9.17, 15) is 9.59 Å². The van der Waals surface area contributed by atoms with Crippen molar-refractivity contribution in [3.63, 3.8) is 0 Å². The summed E-state index contributed by atoms with van der Waals surface area (Å²) in [5, 5.41) is 2.77. The quantitative estimate of drug-likeness (QED) is 0.270. The summed E-state index contributed by atoms with van der Waals surface area (Å²) in [5.74, 6) is 0.468. The molecule has 1 aliphatic heterocycles. The molecule has 1 amide bonds. The van der Waals surface area contributed by atoms with Crippen molar-refractivity contribution in [3.8, 4) is 11.1 Å². The minimum atomic E-state index is -0.567. The molecule has 6 rings (SSSR count). The fourth-order valence-electron chi connectivity index (χ4n) is 6.26. The van der Waals surface area contributed by atoms with Crippen molar-refractivity contribution in [1.82, 2.24) is 19.5 Å². The van der Waals surface area contributed by atoms with Gasteiger partial charge in [0.05, 0.1) is 22.0 Å². The first-order chi connectivity index (χ1) is 20.5. The van der Waals surface area contributed by atoms with Crippen molar-refractivity contribution >= 4 is 28.6 Å². The Balaban J connectivity index is 1.32. The lowest BCUT2D eigenvalue weighted by molar-refractivity contribution is 0.0743. The molecule has 3 aromatic carbocycles. The normalized spacial score (nSPS) is 16.2. The van der Waals surface area contributed by atoms with Gasteiger partial charge < -0.3 is 14.6 Å². The maximum Gasteiger partial charge on any atom is 0.411 e. The molecule has 0 bridgehead atoms. The highest BCUT2D eigenvalue weighted by Gasteiger charge is 2.34. The van der Waals surface area contributed by atoms with Gasteiger partial charge in [-0.05, 0) is 35.6 Å². The largest absolute Gasteiger partial charge is 0.436 e. The van der Waals surface area contributed by atoms with Crippen LogP contribution in [0.4, 0.5) is 4.79 Å². The van der Waals surface area contributed by atoms with E-state index in [0.29, 0.717) is 34.8 Å². The van der Waals surface area contributed by atoms with Crippen molar-refractivity contribution in [3.05, 3.63) is 99.1 Å². The van der Waals surface area contributed by atoms with Crippen molar-refractivity contribution in [2.24, 2.45) is 5.41 Å². The molecule has 8 nitrogen and oxygen atoms in total. The molecule has 0 radical (unpaired) electrons. The number of carbonyl (C=O) groups is 1. The van der Waals surface area contributed by atoms with Gasteiger partial charge in [-0.1, -0.05) is 87.0 Å². The highest BCUT2D eigenvalue weighted by molar-refractivity contribution is 6.35. The van der Waals surface area contributed by atoms with E-state index in [1.54, 1.807) is 29.9 Å². The van der Waals surface area contributed by atoms with Crippen LogP contribution in [0.15, 0.2) is 71.5 Å². The van der Waals surface area contributed by atoms with Gasteiger partial charge in [0.1, 0.15) is 0 Å². The second-order valence-corrected chi connectivity index (χ2v) is 13.1. The molecule has 1 atom stereocenters. The van der Waals surface area contributed by atoms with Crippen LogP contribution in [-0.2, 0) is 4.74 Å². The van der Waals surface area contributed by atoms with Gasteiger partial charge in [-0.25, -0.2) is 14.5 Å². The summed E-state index contributed by atoms with van der Waals surface area (Å²) in [5.41, 5.74) is 4.51. The Hall–Kier alpha value is -3.88. The molecule has 1 fully saturated rings. The van der Waals surface area contributed by atoms with E-state index in [1.807, 2.05) is 48.3 Å². The van der Waals surface area contributed by atoms with Crippen molar-refractivity contribution in [2.45, 2.75) is 39.8 Å². The molecule has 2 heterocycles. The smallest absolute Gasteiger partial charge is 0.411 e. The number of hydrogen-bond acceptors (Lipinski definition) is 6. The number of carbonyl (C=O) groups excluding carboxylic acids is 1. The zero-order valence-electron chi connectivity index (χ0n) is 25.4. The van der Waals surface area contributed by atoms with Crippen LogP contribution in [0.2, 0.25) is 5.02 Å². The second kappa shape index (κ2) is 11.3. The van der Waals surface area contributed by atoms with E-state index >= 15 is 0 Å². The molecular formula is C34H38ClN5O3. The highest BCUT2D eigenvalue weighted by atomic mass is 35.5. The van der Waals surface area contributed by atoms with Gasteiger partial charge in [0.15, 0.2) is 11.9 Å². The van der Waals surface area contributed by atoms with Crippen LogP contribution in [0.5, 0.6) is 0 Å². The number of benzene rings is 3. The average molecular weight is 600 g/mol.